The van der Waals surface area contributed by atoms with Gasteiger partial charge in [-0.15, -0.1) is 0 Å². The zero-order valence-corrected chi connectivity index (χ0v) is 17.4. The lowest BCUT2D eigenvalue weighted by molar-refractivity contribution is 0.102. The van der Waals surface area contributed by atoms with Crippen molar-refractivity contribution in [1.29, 1.82) is 0 Å². The van der Waals surface area contributed by atoms with Crippen LogP contribution in [0.2, 0.25) is 0 Å². The molecule has 0 unspecified atom stereocenters. The fourth-order valence-corrected chi connectivity index (χ4v) is 3.33. The Balaban J connectivity index is 1.71. The van der Waals surface area contributed by atoms with Gasteiger partial charge in [-0.25, -0.2) is 4.68 Å². The summed E-state index contributed by atoms with van der Waals surface area (Å²) in [5, 5.41) is 8.29. The topological polar surface area (TPSA) is 73.2 Å². The molecule has 6 heteroatoms. The summed E-state index contributed by atoms with van der Waals surface area (Å²) in [5.74, 6) is 0.986. The fraction of sp³-hybridized carbons (Fsp3) is 0.160. The molecule has 0 saturated carbocycles. The van der Waals surface area contributed by atoms with Gasteiger partial charge >= 0.3 is 0 Å². The molecule has 4 aromatic rings. The lowest BCUT2D eigenvalue weighted by Crippen LogP contribution is -2.29. The molecule has 0 aliphatic carbocycles. The summed E-state index contributed by atoms with van der Waals surface area (Å²) in [6, 6.07) is 23.6. The maximum absolute atomic E-state index is 13.2. The van der Waals surface area contributed by atoms with Crippen LogP contribution in [-0.4, -0.2) is 15.7 Å². The molecule has 6 nitrogen and oxygen atoms in total. The zero-order chi connectivity index (χ0) is 21.8. The third-order valence-electron chi connectivity index (χ3n) is 4.73. The van der Waals surface area contributed by atoms with Crippen molar-refractivity contribution < 1.29 is 9.53 Å². The Hall–Kier alpha value is -3.93. The summed E-state index contributed by atoms with van der Waals surface area (Å²) in [5.41, 5.74) is 0.517. The zero-order valence-electron chi connectivity index (χ0n) is 17.4. The third-order valence-corrected chi connectivity index (χ3v) is 4.73. The Labute approximate surface area is 180 Å². The first kappa shape index (κ1) is 20.3. The lowest BCUT2D eigenvalue weighted by atomic mass is 10.1. The first-order chi connectivity index (χ1) is 15.0. The highest BCUT2D eigenvalue weighted by Gasteiger charge is 2.18. The van der Waals surface area contributed by atoms with Gasteiger partial charge in [-0.1, -0.05) is 62.4 Å². The van der Waals surface area contributed by atoms with E-state index in [0.29, 0.717) is 34.5 Å². The minimum absolute atomic E-state index is 0.199. The van der Waals surface area contributed by atoms with E-state index in [9.17, 15) is 9.59 Å². The summed E-state index contributed by atoms with van der Waals surface area (Å²) in [6.07, 6.45) is 0. The second-order valence-electron chi connectivity index (χ2n) is 7.64. The van der Waals surface area contributed by atoms with Crippen molar-refractivity contribution in [2.24, 2.45) is 5.92 Å². The number of nitrogens with zero attached hydrogens (tertiary/aromatic N) is 2. The molecular weight excluding hydrogens is 390 g/mol. The normalized spacial score (nSPS) is 10.9. The van der Waals surface area contributed by atoms with E-state index in [1.807, 2.05) is 56.3 Å². The van der Waals surface area contributed by atoms with Gasteiger partial charge in [0.2, 0.25) is 0 Å². The van der Waals surface area contributed by atoms with Crippen LogP contribution < -0.4 is 15.6 Å². The van der Waals surface area contributed by atoms with Crippen LogP contribution in [0.4, 0.5) is 5.69 Å². The number of amides is 1. The van der Waals surface area contributed by atoms with E-state index in [1.165, 1.54) is 4.68 Å². The molecule has 31 heavy (non-hydrogen) atoms. The number of hydrogen-bond acceptors (Lipinski definition) is 4. The molecule has 4 rings (SSSR count). The highest BCUT2D eigenvalue weighted by Crippen LogP contribution is 2.29. The number of aromatic nitrogens is 2. The van der Waals surface area contributed by atoms with Crippen LogP contribution in [0.25, 0.3) is 10.8 Å². The van der Waals surface area contributed by atoms with Crippen molar-refractivity contribution in [3.63, 3.8) is 0 Å². The van der Waals surface area contributed by atoms with Crippen LogP contribution in [0.5, 0.6) is 11.5 Å². The van der Waals surface area contributed by atoms with E-state index in [4.69, 9.17) is 4.74 Å². The van der Waals surface area contributed by atoms with E-state index >= 15 is 0 Å². The smallest absolute Gasteiger partial charge is 0.276 e. The predicted molar refractivity (Wildman–Crippen MR) is 122 cm³/mol. The Morgan fingerprint density at radius 3 is 2.32 bits per heavy atom. The van der Waals surface area contributed by atoms with Gasteiger partial charge in [0, 0.05) is 11.9 Å². The minimum Gasteiger partial charge on any atom is -0.455 e. The second-order valence-corrected chi connectivity index (χ2v) is 7.64. The van der Waals surface area contributed by atoms with Gasteiger partial charge in [-0.2, -0.15) is 5.10 Å². The number of nitrogens with one attached hydrogen (secondary N) is 1. The van der Waals surface area contributed by atoms with Crippen molar-refractivity contribution in [3.05, 3.63) is 94.9 Å². The average Bonchev–Trinajstić information content (AvgIpc) is 2.77. The number of rotatable bonds is 6. The van der Waals surface area contributed by atoms with Gasteiger partial charge in [0.1, 0.15) is 5.75 Å². The van der Waals surface area contributed by atoms with Gasteiger partial charge in [-0.3, -0.25) is 9.59 Å². The summed E-state index contributed by atoms with van der Waals surface area (Å²) in [6.45, 7) is 4.43. The number of carbonyl (C=O) groups excluding carboxylic acids is 1. The predicted octanol–water partition coefficient (Wildman–Crippen LogP) is 5.10. The maximum atomic E-state index is 13.2. The summed E-state index contributed by atoms with van der Waals surface area (Å²) >= 11 is 0. The van der Waals surface area contributed by atoms with Crippen LogP contribution in [-0.2, 0) is 6.54 Å². The molecule has 1 heterocycles. The number of carbonyl (C=O) groups is 1. The van der Waals surface area contributed by atoms with Crippen LogP contribution in [0.15, 0.2) is 83.7 Å². The maximum Gasteiger partial charge on any atom is 0.276 e. The fourth-order valence-electron chi connectivity index (χ4n) is 3.33. The number of fused-ring (bicyclic) bond motifs is 1. The Bertz CT molecular complexity index is 1280. The average molecular weight is 413 g/mol. The monoisotopic (exact) mass is 413 g/mol. The molecule has 1 aromatic heterocycles. The van der Waals surface area contributed by atoms with E-state index in [1.54, 1.807) is 36.4 Å². The third kappa shape index (κ3) is 4.48. The molecule has 1 N–H and O–H groups in total. The van der Waals surface area contributed by atoms with Gasteiger partial charge in [0.25, 0.3) is 11.5 Å². The minimum atomic E-state index is -0.405. The number of benzene rings is 3. The van der Waals surface area contributed by atoms with Gasteiger partial charge in [0.05, 0.1) is 11.1 Å². The van der Waals surface area contributed by atoms with E-state index in [-0.39, 0.29) is 17.2 Å². The Kier molecular flexibility index (Phi) is 5.80. The van der Waals surface area contributed by atoms with Crippen molar-refractivity contribution in [2.75, 3.05) is 5.32 Å². The second kappa shape index (κ2) is 8.83. The summed E-state index contributed by atoms with van der Waals surface area (Å²) in [7, 11) is 0. The van der Waals surface area contributed by atoms with E-state index in [2.05, 4.69) is 10.4 Å². The highest BCUT2D eigenvalue weighted by atomic mass is 16.5. The number of para-hydroxylation sites is 3. The summed E-state index contributed by atoms with van der Waals surface area (Å²) < 4.78 is 7.31. The quantitative estimate of drug-likeness (QED) is 0.477. The van der Waals surface area contributed by atoms with Crippen LogP contribution >= 0.6 is 0 Å². The lowest BCUT2D eigenvalue weighted by Gasteiger charge is -2.14. The molecular formula is C25H23N3O3. The largest absolute Gasteiger partial charge is 0.455 e. The SMILES string of the molecule is CC(C)Cn1nc(C(=O)Nc2ccccc2Oc2ccccc2)c2ccccc2c1=O. The molecule has 156 valence electrons. The number of hydrogen-bond donors (Lipinski definition) is 1. The van der Waals surface area contributed by atoms with E-state index < -0.39 is 5.91 Å². The van der Waals surface area contributed by atoms with Gasteiger partial charge < -0.3 is 10.1 Å². The highest BCUT2D eigenvalue weighted by molar-refractivity contribution is 6.11. The Morgan fingerprint density at radius 1 is 0.935 bits per heavy atom. The number of ether oxygens (including phenoxy) is 1. The molecule has 0 spiro atoms. The van der Waals surface area contributed by atoms with Gasteiger partial charge in [-0.05, 0) is 36.2 Å². The molecule has 0 aliphatic heterocycles. The molecule has 0 radical (unpaired) electrons. The van der Waals surface area contributed by atoms with Gasteiger partial charge in [0.15, 0.2) is 11.4 Å². The van der Waals surface area contributed by atoms with Crippen molar-refractivity contribution in [2.45, 2.75) is 20.4 Å². The Morgan fingerprint density at radius 2 is 1.58 bits per heavy atom. The molecule has 0 bridgehead atoms. The molecule has 0 atom stereocenters. The molecule has 3 aromatic carbocycles. The standard InChI is InChI=1S/C25H23N3O3/c1-17(2)16-28-25(30)20-13-7-6-12-19(20)23(27-28)24(29)26-21-14-8-9-15-22(21)31-18-10-4-3-5-11-18/h3-15,17H,16H2,1-2H3,(H,26,29). The molecule has 0 aliphatic rings. The van der Waals surface area contributed by atoms with Crippen molar-refractivity contribution in [1.82, 2.24) is 9.78 Å². The molecule has 0 fully saturated rings. The number of anilines is 1. The summed E-state index contributed by atoms with van der Waals surface area (Å²) in [4.78, 5) is 26.0. The first-order valence-corrected chi connectivity index (χ1v) is 10.2. The van der Waals surface area contributed by atoms with Crippen molar-refractivity contribution >= 4 is 22.4 Å². The van der Waals surface area contributed by atoms with Crippen LogP contribution in [0.1, 0.15) is 24.3 Å². The van der Waals surface area contributed by atoms with Crippen LogP contribution in [0, 0.1) is 5.92 Å². The van der Waals surface area contributed by atoms with E-state index in [0.717, 1.165) is 0 Å². The molecule has 1 amide bonds. The van der Waals surface area contributed by atoms with Crippen LogP contribution in [0.3, 0.4) is 0 Å². The molecule has 0 saturated heterocycles. The van der Waals surface area contributed by atoms with Crippen molar-refractivity contribution in [3.8, 4) is 11.5 Å². The first-order valence-electron chi connectivity index (χ1n) is 10.2.